The Morgan fingerprint density at radius 1 is 1.20 bits per heavy atom. The van der Waals surface area contributed by atoms with Gasteiger partial charge in [-0.25, -0.2) is 4.39 Å². The highest BCUT2D eigenvalue weighted by atomic mass is 19.1. The summed E-state index contributed by atoms with van der Waals surface area (Å²) in [6.45, 7) is 10.5. The molecule has 0 spiro atoms. The van der Waals surface area contributed by atoms with Gasteiger partial charge in [-0.05, 0) is 48.2 Å². The second-order valence-electron chi connectivity index (χ2n) is 9.09. The van der Waals surface area contributed by atoms with Crippen molar-refractivity contribution in [1.29, 1.82) is 0 Å². The number of ether oxygens (including phenoxy) is 1. The number of morpholine rings is 1. The van der Waals surface area contributed by atoms with Crippen molar-refractivity contribution >= 4 is 11.8 Å². The Balaban J connectivity index is 1.70. The third kappa shape index (κ3) is 8.07. The molecule has 2 aromatic rings. The van der Waals surface area contributed by atoms with Crippen LogP contribution in [0.3, 0.4) is 0 Å². The second-order valence-corrected chi connectivity index (χ2v) is 9.09. The van der Waals surface area contributed by atoms with Crippen molar-refractivity contribution < 1.29 is 18.7 Å². The van der Waals surface area contributed by atoms with Gasteiger partial charge in [0.15, 0.2) is 0 Å². The van der Waals surface area contributed by atoms with Gasteiger partial charge in [-0.15, -0.1) is 10.2 Å². The predicted octanol–water partition coefficient (Wildman–Crippen LogP) is 1.58. The summed E-state index contributed by atoms with van der Waals surface area (Å²) in [5.74, 6) is 0.0120. The van der Waals surface area contributed by atoms with Crippen molar-refractivity contribution in [3.8, 4) is 11.4 Å². The highest BCUT2D eigenvalue weighted by Crippen LogP contribution is 2.14. The van der Waals surface area contributed by atoms with E-state index in [2.05, 4.69) is 39.5 Å². The van der Waals surface area contributed by atoms with Gasteiger partial charge in [0, 0.05) is 38.3 Å². The standard InChI is InChI=1S/C24H36FN7O3/c1-4-21(24(34)26-10-9-18(2)3)31(12-11-30-13-15-35-16-14-30)22(33)17-32-28-23(27-29-32)19-5-7-20(25)8-6-19/h5-8,18,21H,4,9-17H2,1-3H3,(H,26,34). The summed E-state index contributed by atoms with van der Waals surface area (Å²) in [5, 5.41) is 15.2. The molecule has 1 aliphatic heterocycles. The van der Waals surface area contributed by atoms with E-state index in [4.69, 9.17) is 4.74 Å². The van der Waals surface area contributed by atoms with Crippen molar-refractivity contribution in [2.45, 2.75) is 46.2 Å². The summed E-state index contributed by atoms with van der Waals surface area (Å²) < 4.78 is 18.6. The maximum Gasteiger partial charge on any atom is 0.246 e. The smallest absolute Gasteiger partial charge is 0.246 e. The number of aromatic nitrogens is 4. The molecule has 3 rings (SSSR count). The predicted molar refractivity (Wildman–Crippen MR) is 129 cm³/mol. The van der Waals surface area contributed by atoms with Gasteiger partial charge in [-0.2, -0.15) is 4.80 Å². The van der Waals surface area contributed by atoms with Crippen LogP contribution in [0.2, 0.25) is 0 Å². The molecule has 192 valence electrons. The van der Waals surface area contributed by atoms with Crippen LogP contribution in [0, 0.1) is 11.7 Å². The van der Waals surface area contributed by atoms with Crippen LogP contribution >= 0.6 is 0 Å². The molecule has 1 aromatic carbocycles. The minimum absolute atomic E-state index is 0.146. The molecular weight excluding hydrogens is 453 g/mol. The van der Waals surface area contributed by atoms with Crippen LogP contribution in [-0.4, -0.2) is 93.8 Å². The minimum atomic E-state index is -0.587. The molecule has 0 radical (unpaired) electrons. The fourth-order valence-electron chi connectivity index (χ4n) is 3.91. The summed E-state index contributed by atoms with van der Waals surface area (Å²) in [6, 6.07) is 5.16. The Hall–Kier alpha value is -2.92. The van der Waals surface area contributed by atoms with E-state index < -0.39 is 6.04 Å². The Labute approximate surface area is 205 Å². The lowest BCUT2D eigenvalue weighted by Gasteiger charge is -2.33. The fraction of sp³-hybridized carbons (Fsp3) is 0.625. The molecule has 1 unspecified atom stereocenters. The number of carbonyl (C=O) groups is 2. The number of rotatable bonds is 12. The second kappa shape index (κ2) is 13.2. The third-order valence-electron chi connectivity index (χ3n) is 6.00. The van der Waals surface area contributed by atoms with Gasteiger partial charge < -0.3 is 15.0 Å². The first-order valence-corrected chi connectivity index (χ1v) is 12.3. The van der Waals surface area contributed by atoms with Gasteiger partial charge in [0.2, 0.25) is 17.6 Å². The van der Waals surface area contributed by atoms with Gasteiger partial charge in [0.05, 0.1) is 13.2 Å². The molecule has 2 amide bonds. The van der Waals surface area contributed by atoms with E-state index in [1.807, 2.05) is 6.92 Å². The number of benzene rings is 1. The van der Waals surface area contributed by atoms with E-state index in [-0.39, 0.29) is 24.2 Å². The van der Waals surface area contributed by atoms with E-state index in [1.54, 1.807) is 17.0 Å². The summed E-state index contributed by atoms with van der Waals surface area (Å²) in [4.78, 5) is 31.5. The van der Waals surface area contributed by atoms with Crippen molar-refractivity contribution in [2.24, 2.45) is 5.92 Å². The topological polar surface area (TPSA) is 105 Å². The van der Waals surface area contributed by atoms with Gasteiger partial charge in [-0.3, -0.25) is 14.5 Å². The Morgan fingerprint density at radius 2 is 1.91 bits per heavy atom. The third-order valence-corrected chi connectivity index (χ3v) is 6.00. The van der Waals surface area contributed by atoms with Crippen LogP contribution in [0.4, 0.5) is 4.39 Å². The van der Waals surface area contributed by atoms with E-state index in [0.29, 0.717) is 56.6 Å². The zero-order chi connectivity index (χ0) is 25.2. The molecule has 11 heteroatoms. The summed E-state index contributed by atoms with van der Waals surface area (Å²) in [5.41, 5.74) is 0.602. The Kier molecular flexibility index (Phi) is 10.1. The molecule has 1 atom stereocenters. The molecule has 35 heavy (non-hydrogen) atoms. The number of tetrazole rings is 1. The lowest BCUT2D eigenvalue weighted by molar-refractivity contribution is -0.142. The van der Waals surface area contributed by atoms with Crippen molar-refractivity contribution in [2.75, 3.05) is 45.9 Å². The van der Waals surface area contributed by atoms with E-state index in [1.165, 1.54) is 16.9 Å². The molecular formula is C24H36FN7O3. The molecule has 0 bridgehead atoms. The number of amides is 2. The fourth-order valence-corrected chi connectivity index (χ4v) is 3.91. The average molecular weight is 490 g/mol. The summed E-state index contributed by atoms with van der Waals surface area (Å²) in [6.07, 6.45) is 1.37. The van der Waals surface area contributed by atoms with E-state index in [0.717, 1.165) is 19.5 Å². The lowest BCUT2D eigenvalue weighted by Crippen LogP contribution is -2.53. The van der Waals surface area contributed by atoms with Crippen LogP contribution < -0.4 is 5.32 Å². The van der Waals surface area contributed by atoms with Crippen molar-refractivity contribution in [3.05, 3.63) is 30.1 Å². The van der Waals surface area contributed by atoms with E-state index >= 15 is 0 Å². The highest BCUT2D eigenvalue weighted by molar-refractivity contribution is 5.87. The molecule has 1 saturated heterocycles. The van der Waals surface area contributed by atoms with Gasteiger partial charge >= 0.3 is 0 Å². The molecule has 1 N–H and O–H groups in total. The first kappa shape index (κ1) is 26.7. The molecule has 1 aromatic heterocycles. The van der Waals surface area contributed by atoms with Gasteiger partial charge in [-0.1, -0.05) is 20.8 Å². The van der Waals surface area contributed by atoms with Crippen molar-refractivity contribution in [3.63, 3.8) is 0 Å². The normalized spacial score (nSPS) is 15.2. The largest absolute Gasteiger partial charge is 0.379 e. The average Bonchev–Trinajstić information content (AvgIpc) is 3.30. The Morgan fingerprint density at radius 3 is 2.57 bits per heavy atom. The summed E-state index contributed by atoms with van der Waals surface area (Å²) >= 11 is 0. The first-order valence-electron chi connectivity index (χ1n) is 12.3. The SMILES string of the molecule is CCC(C(=O)NCCC(C)C)N(CCN1CCOCC1)C(=O)Cn1nnc(-c2ccc(F)cc2)n1. The molecule has 0 saturated carbocycles. The van der Waals surface area contributed by atoms with Crippen LogP contribution in [0.25, 0.3) is 11.4 Å². The molecule has 1 aliphatic rings. The zero-order valence-electron chi connectivity index (χ0n) is 20.8. The van der Waals surface area contributed by atoms with Gasteiger partial charge in [0.25, 0.3) is 0 Å². The van der Waals surface area contributed by atoms with Crippen LogP contribution in [0.5, 0.6) is 0 Å². The number of nitrogens with zero attached hydrogens (tertiary/aromatic N) is 6. The maximum absolute atomic E-state index is 13.4. The van der Waals surface area contributed by atoms with Crippen molar-refractivity contribution in [1.82, 2.24) is 35.3 Å². The number of halogens is 1. The maximum atomic E-state index is 13.4. The molecule has 2 heterocycles. The number of hydrogen-bond donors (Lipinski definition) is 1. The number of carbonyl (C=O) groups excluding carboxylic acids is 2. The summed E-state index contributed by atoms with van der Waals surface area (Å²) in [7, 11) is 0. The monoisotopic (exact) mass is 489 g/mol. The quantitative estimate of drug-likeness (QED) is 0.483. The minimum Gasteiger partial charge on any atom is -0.379 e. The number of nitrogens with one attached hydrogen (secondary N) is 1. The Bertz CT molecular complexity index is 945. The number of hydrogen-bond acceptors (Lipinski definition) is 7. The molecule has 0 aliphatic carbocycles. The first-order chi connectivity index (χ1) is 16.9. The zero-order valence-corrected chi connectivity index (χ0v) is 20.8. The van der Waals surface area contributed by atoms with Crippen LogP contribution in [0.15, 0.2) is 24.3 Å². The molecule has 10 nitrogen and oxygen atoms in total. The lowest BCUT2D eigenvalue weighted by atomic mass is 10.1. The van der Waals surface area contributed by atoms with Crippen LogP contribution in [-0.2, 0) is 20.9 Å². The molecule has 1 fully saturated rings. The van der Waals surface area contributed by atoms with Gasteiger partial charge in [0.1, 0.15) is 18.4 Å². The highest BCUT2D eigenvalue weighted by Gasteiger charge is 2.29. The van der Waals surface area contributed by atoms with E-state index in [9.17, 15) is 14.0 Å². The van der Waals surface area contributed by atoms with Crippen LogP contribution in [0.1, 0.15) is 33.6 Å².